The number of benzene rings is 1. The summed E-state index contributed by atoms with van der Waals surface area (Å²) in [6.07, 6.45) is 2.85. The van der Waals surface area contributed by atoms with Gasteiger partial charge in [0.2, 0.25) is 0 Å². The smallest absolute Gasteiger partial charge is 0.165 e. The average Bonchev–Trinajstić information content (AvgIpc) is 2.18. The number of hydrogen-bond donors (Lipinski definition) is 1. The van der Waals surface area contributed by atoms with Gasteiger partial charge >= 0.3 is 0 Å². The predicted molar refractivity (Wildman–Crippen MR) is 59.7 cm³/mol. The molecule has 0 aliphatic rings. The lowest BCUT2D eigenvalue weighted by atomic mass is 10.0. The summed E-state index contributed by atoms with van der Waals surface area (Å²) in [5, 5.41) is 0. The highest BCUT2D eigenvalue weighted by atomic mass is 19.1. The van der Waals surface area contributed by atoms with Crippen LogP contribution in [0.5, 0.6) is 5.75 Å². The molecule has 0 atom stereocenters. The summed E-state index contributed by atoms with van der Waals surface area (Å²) in [5.74, 6) is 0.0674. The standard InChI is InChI=1S/C12H18FNO/c1-9-7-10(5-3-4-6-14)8-11(13)12(9)15-2/h7-8H,3-6,14H2,1-2H3. The van der Waals surface area contributed by atoms with E-state index >= 15 is 0 Å². The summed E-state index contributed by atoms with van der Waals surface area (Å²) in [5.41, 5.74) is 7.26. The average molecular weight is 211 g/mol. The largest absolute Gasteiger partial charge is 0.493 e. The highest BCUT2D eigenvalue weighted by molar-refractivity contribution is 5.37. The monoisotopic (exact) mass is 211 g/mol. The van der Waals surface area contributed by atoms with Gasteiger partial charge in [0.15, 0.2) is 11.6 Å². The van der Waals surface area contributed by atoms with Gasteiger partial charge in [-0.1, -0.05) is 6.07 Å². The maximum absolute atomic E-state index is 13.5. The number of unbranched alkanes of at least 4 members (excludes halogenated alkanes) is 1. The summed E-state index contributed by atoms with van der Waals surface area (Å²) in [6.45, 7) is 2.55. The van der Waals surface area contributed by atoms with Gasteiger partial charge in [0, 0.05) is 0 Å². The van der Waals surface area contributed by atoms with E-state index in [1.54, 1.807) is 6.07 Å². The fraction of sp³-hybridized carbons (Fsp3) is 0.500. The van der Waals surface area contributed by atoms with Crippen molar-refractivity contribution in [1.29, 1.82) is 0 Å². The van der Waals surface area contributed by atoms with Gasteiger partial charge in [0.1, 0.15) is 0 Å². The molecule has 0 aromatic heterocycles. The van der Waals surface area contributed by atoms with Crippen molar-refractivity contribution in [3.05, 3.63) is 29.1 Å². The molecule has 3 heteroatoms. The first-order chi connectivity index (χ1) is 7.19. The van der Waals surface area contributed by atoms with Crippen molar-refractivity contribution in [3.63, 3.8) is 0 Å². The van der Waals surface area contributed by atoms with Crippen molar-refractivity contribution in [2.45, 2.75) is 26.2 Å². The molecular formula is C12H18FNO. The van der Waals surface area contributed by atoms with Crippen LogP contribution in [0.2, 0.25) is 0 Å². The molecule has 15 heavy (non-hydrogen) atoms. The molecular weight excluding hydrogens is 193 g/mol. The van der Waals surface area contributed by atoms with Crippen LogP contribution in [0.4, 0.5) is 4.39 Å². The first kappa shape index (κ1) is 12.0. The van der Waals surface area contributed by atoms with Gasteiger partial charge in [-0.05, 0) is 49.9 Å². The third-order valence-electron chi connectivity index (χ3n) is 2.41. The van der Waals surface area contributed by atoms with Gasteiger partial charge in [0.25, 0.3) is 0 Å². The van der Waals surface area contributed by atoms with Crippen molar-refractivity contribution in [2.75, 3.05) is 13.7 Å². The van der Waals surface area contributed by atoms with Gasteiger partial charge in [-0.3, -0.25) is 0 Å². The van der Waals surface area contributed by atoms with Crippen molar-refractivity contribution in [2.24, 2.45) is 5.73 Å². The molecule has 1 aromatic rings. The summed E-state index contributed by atoms with van der Waals surface area (Å²) < 4.78 is 18.4. The van der Waals surface area contributed by atoms with Gasteiger partial charge in [-0.25, -0.2) is 4.39 Å². The highest BCUT2D eigenvalue weighted by Gasteiger charge is 2.07. The SMILES string of the molecule is COc1c(C)cc(CCCCN)cc1F. The summed E-state index contributed by atoms with van der Waals surface area (Å²) in [4.78, 5) is 0. The van der Waals surface area contributed by atoms with E-state index in [0.717, 1.165) is 30.4 Å². The Hall–Kier alpha value is -1.09. The summed E-state index contributed by atoms with van der Waals surface area (Å²) >= 11 is 0. The molecule has 0 aliphatic carbocycles. The molecule has 0 heterocycles. The number of rotatable bonds is 5. The highest BCUT2D eigenvalue weighted by Crippen LogP contribution is 2.24. The Kier molecular flexibility index (Phi) is 4.56. The van der Waals surface area contributed by atoms with E-state index in [4.69, 9.17) is 10.5 Å². The number of methoxy groups -OCH3 is 1. The molecule has 0 spiro atoms. The fourth-order valence-electron chi connectivity index (χ4n) is 1.68. The Bertz CT molecular complexity index is 302. The second-order valence-corrected chi connectivity index (χ2v) is 3.67. The number of aryl methyl sites for hydroxylation is 2. The third kappa shape index (κ3) is 3.20. The third-order valence-corrected chi connectivity index (χ3v) is 2.41. The zero-order chi connectivity index (χ0) is 11.3. The Morgan fingerprint density at radius 2 is 2.07 bits per heavy atom. The first-order valence-electron chi connectivity index (χ1n) is 5.22. The van der Waals surface area contributed by atoms with E-state index in [1.165, 1.54) is 7.11 Å². The molecule has 0 amide bonds. The van der Waals surface area contributed by atoms with E-state index in [9.17, 15) is 4.39 Å². The fourth-order valence-corrected chi connectivity index (χ4v) is 1.68. The molecule has 0 saturated heterocycles. The lowest BCUT2D eigenvalue weighted by molar-refractivity contribution is 0.383. The van der Waals surface area contributed by atoms with Gasteiger partial charge in [-0.2, -0.15) is 0 Å². The van der Waals surface area contributed by atoms with E-state index in [0.29, 0.717) is 12.3 Å². The Balaban J connectivity index is 2.75. The Morgan fingerprint density at radius 1 is 1.33 bits per heavy atom. The minimum atomic E-state index is -0.278. The number of halogens is 1. The molecule has 1 aromatic carbocycles. The van der Waals surface area contributed by atoms with E-state index < -0.39 is 0 Å². The molecule has 0 aliphatic heterocycles. The number of ether oxygens (including phenoxy) is 1. The van der Waals surface area contributed by atoms with E-state index in [1.807, 2.05) is 13.0 Å². The summed E-state index contributed by atoms with van der Waals surface area (Å²) in [7, 11) is 1.49. The first-order valence-corrected chi connectivity index (χ1v) is 5.22. The molecule has 1 rings (SSSR count). The maximum Gasteiger partial charge on any atom is 0.165 e. The van der Waals surface area contributed by atoms with E-state index in [-0.39, 0.29) is 5.82 Å². The zero-order valence-electron chi connectivity index (χ0n) is 9.35. The van der Waals surface area contributed by atoms with Crippen LogP contribution in [0.1, 0.15) is 24.0 Å². The number of hydrogen-bond acceptors (Lipinski definition) is 2. The number of nitrogens with two attached hydrogens (primary N) is 1. The summed E-state index contributed by atoms with van der Waals surface area (Å²) in [6, 6.07) is 3.51. The maximum atomic E-state index is 13.5. The minimum Gasteiger partial charge on any atom is -0.493 e. The second-order valence-electron chi connectivity index (χ2n) is 3.67. The van der Waals surface area contributed by atoms with Crippen LogP contribution in [-0.2, 0) is 6.42 Å². The Labute approximate surface area is 90.2 Å². The van der Waals surface area contributed by atoms with Crippen LogP contribution in [-0.4, -0.2) is 13.7 Å². The topological polar surface area (TPSA) is 35.2 Å². The quantitative estimate of drug-likeness (QED) is 0.759. The zero-order valence-corrected chi connectivity index (χ0v) is 9.35. The molecule has 0 saturated carbocycles. The van der Waals surface area contributed by atoms with Crippen LogP contribution in [0.25, 0.3) is 0 Å². The molecule has 0 fully saturated rings. The van der Waals surface area contributed by atoms with Crippen molar-refractivity contribution in [1.82, 2.24) is 0 Å². The minimum absolute atomic E-state index is 0.278. The predicted octanol–water partition coefficient (Wildman–Crippen LogP) is 2.42. The van der Waals surface area contributed by atoms with Crippen molar-refractivity contribution >= 4 is 0 Å². The van der Waals surface area contributed by atoms with E-state index in [2.05, 4.69) is 0 Å². The van der Waals surface area contributed by atoms with Crippen LogP contribution < -0.4 is 10.5 Å². The molecule has 0 bridgehead atoms. The van der Waals surface area contributed by atoms with Crippen molar-refractivity contribution in [3.8, 4) is 5.75 Å². The van der Waals surface area contributed by atoms with Crippen LogP contribution in [0.15, 0.2) is 12.1 Å². The van der Waals surface area contributed by atoms with Crippen LogP contribution in [0.3, 0.4) is 0 Å². The molecule has 0 unspecified atom stereocenters. The van der Waals surface area contributed by atoms with Gasteiger partial charge < -0.3 is 10.5 Å². The molecule has 0 radical (unpaired) electrons. The Morgan fingerprint density at radius 3 is 2.60 bits per heavy atom. The van der Waals surface area contributed by atoms with Crippen LogP contribution in [0, 0.1) is 12.7 Å². The molecule has 84 valence electrons. The van der Waals surface area contributed by atoms with Crippen LogP contribution >= 0.6 is 0 Å². The normalized spacial score (nSPS) is 10.4. The molecule has 2 N–H and O–H groups in total. The lowest BCUT2D eigenvalue weighted by Gasteiger charge is -2.08. The van der Waals surface area contributed by atoms with Gasteiger partial charge in [0.05, 0.1) is 7.11 Å². The molecule has 2 nitrogen and oxygen atoms in total. The second kappa shape index (κ2) is 5.71. The lowest BCUT2D eigenvalue weighted by Crippen LogP contribution is -2.00. The van der Waals surface area contributed by atoms with Gasteiger partial charge in [-0.15, -0.1) is 0 Å². The van der Waals surface area contributed by atoms with Crippen molar-refractivity contribution < 1.29 is 9.13 Å².